The molecular weight excluding hydrogens is 360 g/mol. The zero-order valence-corrected chi connectivity index (χ0v) is 16.1. The van der Waals surface area contributed by atoms with Gasteiger partial charge in [0.05, 0.1) is 0 Å². The van der Waals surface area contributed by atoms with Crippen molar-refractivity contribution in [1.82, 2.24) is 19.6 Å². The quantitative estimate of drug-likeness (QED) is 0.557. The van der Waals surface area contributed by atoms with E-state index in [2.05, 4.69) is 10.1 Å². The molecule has 3 rings (SSSR count). The van der Waals surface area contributed by atoms with Crippen LogP contribution in [-0.4, -0.2) is 44.9 Å². The second kappa shape index (κ2) is 8.51. The van der Waals surface area contributed by atoms with Crippen LogP contribution in [0.5, 0.6) is 5.75 Å². The summed E-state index contributed by atoms with van der Waals surface area (Å²) in [6, 6.07) is 8.40. The Morgan fingerprint density at radius 1 is 1.25 bits per heavy atom. The van der Waals surface area contributed by atoms with Crippen LogP contribution >= 0.6 is 0 Å². The molecule has 2 aromatic heterocycles. The lowest BCUT2D eigenvalue weighted by atomic mass is 10.1. The Balaban J connectivity index is 1.53. The number of aromatic nitrogens is 3. The Labute approximate surface area is 162 Å². The van der Waals surface area contributed by atoms with Gasteiger partial charge in [-0.05, 0) is 38.1 Å². The van der Waals surface area contributed by atoms with E-state index in [0.29, 0.717) is 30.2 Å². The fourth-order valence-electron chi connectivity index (χ4n) is 2.62. The number of ether oxygens (including phenoxy) is 1. The van der Waals surface area contributed by atoms with Gasteiger partial charge in [0.15, 0.2) is 17.2 Å². The Morgan fingerprint density at radius 3 is 2.64 bits per heavy atom. The molecule has 28 heavy (non-hydrogen) atoms. The third kappa shape index (κ3) is 4.64. The molecule has 0 saturated carbocycles. The highest BCUT2D eigenvalue weighted by atomic mass is 16.5. The van der Waals surface area contributed by atoms with E-state index >= 15 is 0 Å². The predicted molar refractivity (Wildman–Crippen MR) is 101 cm³/mol. The average Bonchev–Trinajstić information content (AvgIpc) is 3.33. The van der Waals surface area contributed by atoms with Gasteiger partial charge in [0, 0.05) is 44.2 Å². The van der Waals surface area contributed by atoms with Crippen molar-refractivity contribution in [3.05, 3.63) is 65.6 Å². The summed E-state index contributed by atoms with van der Waals surface area (Å²) in [5.41, 5.74) is 0.851. The summed E-state index contributed by atoms with van der Waals surface area (Å²) in [4.78, 5) is 29.5. The zero-order chi connectivity index (χ0) is 20.1. The molecular formula is C20H22N4O4. The monoisotopic (exact) mass is 382 g/mol. The second-order valence-corrected chi connectivity index (χ2v) is 6.44. The molecule has 0 saturated heterocycles. The Hall–Kier alpha value is -3.42. The van der Waals surface area contributed by atoms with Gasteiger partial charge in [-0.1, -0.05) is 5.16 Å². The maximum atomic E-state index is 12.5. The maximum Gasteiger partial charge on any atom is 0.275 e. The van der Waals surface area contributed by atoms with Crippen molar-refractivity contribution in [1.29, 1.82) is 0 Å². The van der Waals surface area contributed by atoms with E-state index in [1.165, 1.54) is 6.92 Å². The number of benzene rings is 1. The number of ketones is 1. The van der Waals surface area contributed by atoms with Crippen molar-refractivity contribution in [2.45, 2.75) is 27.0 Å². The van der Waals surface area contributed by atoms with E-state index in [-0.39, 0.29) is 24.0 Å². The SMILES string of the molecule is CC(=O)c1ccc(OCc2cc(C(=O)N(C)CCn3ccnc3C)no2)cc1. The van der Waals surface area contributed by atoms with E-state index in [4.69, 9.17) is 9.26 Å². The Bertz CT molecular complexity index is 959. The van der Waals surface area contributed by atoms with Crippen LogP contribution in [0.3, 0.4) is 0 Å². The summed E-state index contributed by atoms with van der Waals surface area (Å²) >= 11 is 0. The first kappa shape index (κ1) is 19.3. The first-order valence-corrected chi connectivity index (χ1v) is 8.86. The molecule has 146 valence electrons. The number of likely N-dealkylation sites (N-methyl/N-ethyl adjacent to an activating group) is 1. The van der Waals surface area contributed by atoms with Crippen molar-refractivity contribution in [3.8, 4) is 5.75 Å². The van der Waals surface area contributed by atoms with Gasteiger partial charge >= 0.3 is 0 Å². The molecule has 0 radical (unpaired) electrons. The van der Waals surface area contributed by atoms with E-state index in [1.54, 1.807) is 48.5 Å². The standard InChI is InChI=1S/C20H22N4O4/c1-14(25)16-4-6-17(7-5-16)27-13-18-12-19(22-28-18)20(26)23(3)10-11-24-9-8-21-15(24)2/h4-9,12H,10-11,13H2,1-3H3. The molecule has 0 fully saturated rings. The number of imidazole rings is 1. The molecule has 0 aliphatic heterocycles. The van der Waals surface area contributed by atoms with Crippen LogP contribution in [0.2, 0.25) is 0 Å². The van der Waals surface area contributed by atoms with Crippen molar-refractivity contribution in [2.75, 3.05) is 13.6 Å². The smallest absolute Gasteiger partial charge is 0.275 e. The van der Waals surface area contributed by atoms with Crippen LogP contribution < -0.4 is 4.74 Å². The second-order valence-electron chi connectivity index (χ2n) is 6.44. The molecule has 2 heterocycles. The lowest BCUT2D eigenvalue weighted by molar-refractivity contribution is 0.0779. The van der Waals surface area contributed by atoms with Crippen LogP contribution in [0.25, 0.3) is 0 Å². The predicted octanol–water partition coefficient (Wildman–Crippen LogP) is 2.73. The number of aryl methyl sites for hydroxylation is 1. The van der Waals surface area contributed by atoms with Gasteiger partial charge in [-0.3, -0.25) is 9.59 Å². The number of carbonyl (C=O) groups is 2. The number of amides is 1. The molecule has 0 aliphatic carbocycles. The number of carbonyl (C=O) groups excluding carboxylic acids is 2. The minimum absolute atomic E-state index is 0.00254. The molecule has 1 amide bonds. The van der Waals surface area contributed by atoms with Gasteiger partial charge in [0.1, 0.15) is 18.2 Å². The van der Waals surface area contributed by atoms with E-state index in [0.717, 1.165) is 5.82 Å². The number of Topliss-reactive ketones (excluding diaryl/α,β-unsaturated/α-hetero) is 1. The molecule has 1 aromatic carbocycles. The molecule has 8 nitrogen and oxygen atoms in total. The van der Waals surface area contributed by atoms with Gasteiger partial charge < -0.3 is 18.7 Å². The molecule has 0 aliphatic rings. The molecule has 0 atom stereocenters. The van der Waals surface area contributed by atoms with Crippen LogP contribution in [0.1, 0.15) is 39.4 Å². The summed E-state index contributed by atoms with van der Waals surface area (Å²) in [6.07, 6.45) is 3.61. The third-order valence-corrected chi connectivity index (χ3v) is 4.37. The van der Waals surface area contributed by atoms with E-state index in [9.17, 15) is 9.59 Å². The van der Waals surface area contributed by atoms with Gasteiger partial charge in [0.25, 0.3) is 5.91 Å². The largest absolute Gasteiger partial charge is 0.486 e. The summed E-state index contributed by atoms with van der Waals surface area (Å²) < 4.78 is 12.8. The van der Waals surface area contributed by atoms with Gasteiger partial charge in [0.2, 0.25) is 0 Å². The highest BCUT2D eigenvalue weighted by Crippen LogP contribution is 2.15. The lowest BCUT2D eigenvalue weighted by Gasteiger charge is -2.16. The van der Waals surface area contributed by atoms with Crippen LogP contribution in [-0.2, 0) is 13.2 Å². The fourth-order valence-corrected chi connectivity index (χ4v) is 2.62. The third-order valence-electron chi connectivity index (χ3n) is 4.37. The maximum absolute atomic E-state index is 12.5. The minimum Gasteiger partial charge on any atom is -0.486 e. The highest BCUT2D eigenvalue weighted by Gasteiger charge is 2.17. The normalized spacial score (nSPS) is 10.7. The highest BCUT2D eigenvalue weighted by molar-refractivity contribution is 5.94. The summed E-state index contributed by atoms with van der Waals surface area (Å²) in [7, 11) is 1.72. The number of nitrogens with zero attached hydrogens (tertiary/aromatic N) is 4. The van der Waals surface area contributed by atoms with Gasteiger partial charge in [-0.15, -0.1) is 0 Å². The average molecular weight is 382 g/mol. The number of hydrogen-bond donors (Lipinski definition) is 0. The van der Waals surface area contributed by atoms with Gasteiger partial charge in [-0.25, -0.2) is 4.98 Å². The van der Waals surface area contributed by atoms with E-state index < -0.39 is 0 Å². The summed E-state index contributed by atoms with van der Waals surface area (Å²) in [5, 5.41) is 3.84. The summed E-state index contributed by atoms with van der Waals surface area (Å²) in [6.45, 7) is 4.74. The molecule has 0 spiro atoms. The van der Waals surface area contributed by atoms with Crippen LogP contribution in [0, 0.1) is 6.92 Å². The molecule has 0 unspecified atom stereocenters. The van der Waals surface area contributed by atoms with E-state index in [1.807, 2.05) is 17.7 Å². The Kier molecular flexibility index (Phi) is 5.88. The first-order chi connectivity index (χ1) is 13.4. The first-order valence-electron chi connectivity index (χ1n) is 8.86. The lowest BCUT2D eigenvalue weighted by Crippen LogP contribution is -2.30. The topological polar surface area (TPSA) is 90.5 Å². The van der Waals surface area contributed by atoms with Gasteiger partial charge in [-0.2, -0.15) is 0 Å². The zero-order valence-electron chi connectivity index (χ0n) is 16.1. The number of hydrogen-bond acceptors (Lipinski definition) is 6. The van der Waals surface area contributed by atoms with Crippen LogP contribution in [0.4, 0.5) is 0 Å². The fraction of sp³-hybridized carbons (Fsp3) is 0.300. The number of rotatable bonds is 8. The Morgan fingerprint density at radius 2 is 2.00 bits per heavy atom. The molecule has 0 N–H and O–H groups in total. The van der Waals surface area contributed by atoms with Crippen molar-refractivity contribution in [2.24, 2.45) is 0 Å². The van der Waals surface area contributed by atoms with Crippen molar-refractivity contribution >= 4 is 11.7 Å². The minimum atomic E-state index is -0.224. The van der Waals surface area contributed by atoms with Crippen LogP contribution in [0.15, 0.2) is 47.2 Å². The molecule has 3 aromatic rings. The van der Waals surface area contributed by atoms with Crippen molar-refractivity contribution in [3.63, 3.8) is 0 Å². The summed E-state index contributed by atoms with van der Waals surface area (Å²) in [5.74, 6) is 1.72. The van der Waals surface area contributed by atoms with Crippen molar-refractivity contribution < 1.29 is 18.8 Å². The molecule has 0 bridgehead atoms. The molecule has 8 heteroatoms.